The molecule has 0 fully saturated rings. The summed E-state index contributed by atoms with van der Waals surface area (Å²) in [6.07, 6.45) is 1.02. The molecule has 0 heterocycles. The zero-order valence-corrected chi connectivity index (χ0v) is 10.8. The fourth-order valence-electron chi connectivity index (χ4n) is 1.31. The van der Waals surface area contributed by atoms with E-state index in [2.05, 4.69) is 19.2 Å². The molecule has 2 nitrogen and oxygen atoms in total. The maximum absolute atomic E-state index is 5.90. The van der Waals surface area contributed by atoms with Crippen LogP contribution in [0, 0.1) is 0 Å². The van der Waals surface area contributed by atoms with Crippen LogP contribution in [-0.4, -0.2) is 24.6 Å². The predicted octanol–water partition coefficient (Wildman–Crippen LogP) is 3.06. The van der Waals surface area contributed by atoms with Gasteiger partial charge in [0.05, 0.1) is 0 Å². The van der Waals surface area contributed by atoms with Gasteiger partial charge in [-0.25, -0.2) is 0 Å². The number of para-hydroxylation sites is 1. The highest BCUT2D eigenvalue weighted by Gasteiger charge is 2.18. The quantitative estimate of drug-likeness (QED) is 0.585. The van der Waals surface area contributed by atoms with Crippen LogP contribution >= 0.6 is 11.6 Å². The van der Waals surface area contributed by atoms with Gasteiger partial charge in [-0.15, -0.1) is 11.6 Å². The largest absolute Gasteiger partial charge is 0.492 e. The summed E-state index contributed by atoms with van der Waals surface area (Å²) in [5.41, 5.74) is 0.0155. The van der Waals surface area contributed by atoms with E-state index in [4.69, 9.17) is 16.3 Å². The summed E-state index contributed by atoms with van der Waals surface area (Å²) >= 11 is 5.90. The zero-order chi connectivity index (χ0) is 11.9. The lowest BCUT2D eigenvalue weighted by Crippen LogP contribution is -2.45. The maximum atomic E-state index is 5.90. The molecule has 0 spiro atoms. The number of halogens is 1. The molecule has 1 aromatic rings. The van der Waals surface area contributed by atoms with Gasteiger partial charge in [-0.05, 0) is 25.5 Å². The summed E-state index contributed by atoms with van der Waals surface area (Å²) in [5, 5.41) is 3.41. The molecule has 1 aromatic carbocycles. The van der Waals surface area contributed by atoms with Crippen molar-refractivity contribution in [2.24, 2.45) is 0 Å². The average molecular weight is 242 g/mol. The molecule has 1 unspecified atom stereocenters. The van der Waals surface area contributed by atoms with Gasteiger partial charge in [-0.3, -0.25) is 0 Å². The molecule has 0 radical (unpaired) electrons. The molecule has 1 atom stereocenters. The van der Waals surface area contributed by atoms with Crippen LogP contribution in [0.25, 0.3) is 0 Å². The molecule has 0 bridgehead atoms. The van der Waals surface area contributed by atoms with E-state index < -0.39 is 0 Å². The van der Waals surface area contributed by atoms with Gasteiger partial charge in [0.2, 0.25) is 0 Å². The number of rotatable bonds is 7. The Morgan fingerprint density at radius 1 is 1.31 bits per heavy atom. The minimum absolute atomic E-state index is 0.0155. The van der Waals surface area contributed by atoms with E-state index in [1.165, 1.54) is 0 Å². The van der Waals surface area contributed by atoms with E-state index in [0.717, 1.165) is 18.7 Å². The normalized spacial score (nSPS) is 14.4. The van der Waals surface area contributed by atoms with Crippen LogP contribution in [-0.2, 0) is 0 Å². The van der Waals surface area contributed by atoms with Crippen molar-refractivity contribution in [1.82, 2.24) is 5.32 Å². The van der Waals surface area contributed by atoms with E-state index in [-0.39, 0.29) is 5.54 Å². The molecule has 1 N–H and O–H groups in total. The summed E-state index contributed by atoms with van der Waals surface area (Å²) in [7, 11) is 0. The Hall–Kier alpha value is -0.730. The van der Waals surface area contributed by atoms with Crippen molar-refractivity contribution in [1.29, 1.82) is 0 Å². The van der Waals surface area contributed by atoms with E-state index in [1.54, 1.807) is 0 Å². The lowest BCUT2D eigenvalue weighted by Gasteiger charge is -2.27. The van der Waals surface area contributed by atoms with Gasteiger partial charge in [-0.1, -0.05) is 25.1 Å². The maximum Gasteiger partial charge on any atom is 0.119 e. The van der Waals surface area contributed by atoms with Crippen LogP contribution in [0.15, 0.2) is 30.3 Å². The number of nitrogens with one attached hydrogen (secondary N) is 1. The Kier molecular flexibility index (Phi) is 5.64. The molecule has 0 aromatic heterocycles. The molecular formula is C13H20ClNO. The van der Waals surface area contributed by atoms with Crippen molar-refractivity contribution in [3.63, 3.8) is 0 Å². The van der Waals surface area contributed by atoms with Crippen molar-refractivity contribution < 1.29 is 4.74 Å². The van der Waals surface area contributed by atoms with Gasteiger partial charge >= 0.3 is 0 Å². The third kappa shape index (κ3) is 4.42. The summed E-state index contributed by atoms with van der Waals surface area (Å²) in [6.45, 7) is 5.73. The highest BCUT2D eigenvalue weighted by atomic mass is 35.5. The highest BCUT2D eigenvalue weighted by Crippen LogP contribution is 2.11. The van der Waals surface area contributed by atoms with Crippen LogP contribution < -0.4 is 10.1 Å². The van der Waals surface area contributed by atoms with E-state index >= 15 is 0 Å². The number of alkyl halides is 1. The molecule has 0 saturated carbocycles. The number of ether oxygens (including phenoxy) is 1. The first-order chi connectivity index (χ1) is 7.70. The molecule has 0 aliphatic carbocycles. The Morgan fingerprint density at radius 2 is 2.00 bits per heavy atom. The molecule has 0 amide bonds. The highest BCUT2D eigenvalue weighted by molar-refractivity contribution is 6.18. The number of hydrogen-bond acceptors (Lipinski definition) is 2. The SMILES string of the molecule is CCC(C)(CCl)NCCOc1ccccc1. The van der Waals surface area contributed by atoms with Gasteiger partial charge < -0.3 is 10.1 Å². The van der Waals surface area contributed by atoms with Crippen molar-refractivity contribution in [3.05, 3.63) is 30.3 Å². The van der Waals surface area contributed by atoms with E-state index in [1.807, 2.05) is 30.3 Å². The molecule has 0 saturated heterocycles. The standard InChI is InChI=1S/C13H20ClNO/c1-3-13(2,11-14)15-9-10-16-12-7-5-4-6-8-12/h4-8,15H,3,9-11H2,1-2H3. The molecule has 0 aliphatic rings. The second kappa shape index (κ2) is 6.77. The monoisotopic (exact) mass is 241 g/mol. The average Bonchev–Trinajstić information content (AvgIpc) is 2.36. The number of hydrogen-bond donors (Lipinski definition) is 1. The van der Waals surface area contributed by atoms with Gasteiger partial charge in [0.25, 0.3) is 0 Å². The minimum Gasteiger partial charge on any atom is -0.492 e. The van der Waals surface area contributed by atoms with Crippen LogP contribution in [0.4, 0.5) is 0 Å². The van der Waals surface area contributed by atoms with Crippen LogP contribution in [0.5, 0.6) is 5.75 Å². The molecule has 16 heavy (non-hydrogen) atoms. The van der Waals surface area contributed by atoms with E-state index in [9.17, 15) is 0 Å². The zero-order valence-electron chi connectivity index (χ0n) is 10.0. The second-order valence-electron chi connectivity index (χ2n) is 4.14. The van der Waals surface area contributed by atoms with Crippen LogP contribution in [0.2, 0.25) is 0 Å². The van der Waals surface area contributed by atoms with Crippen molar-refractivity contribution in [3.8, 4) is 5.75 Å². The Morgan fingerprint density at radius 3 is 2.56 bits per heavy atom. The topological polar surface area (TPSA) is 21.3 Å². The van der Waals surface area contributed by atoms with Gasteiger partial charge in [0, 0.05) is 18.0 Å². The Bertz CT molecular complexity index is 285. The minimum atomic E-state index is 0.0155. The smallest absolute Gasteiger partial charge is 0.119 e. The van der Waals surface area contributed by atoms with Crippen LogP contribution in [0.3, 0.4) is 0 Å². The summed E-state index contributed by atoms with van der Waals surface area (Å²) in [4.78, 5) is 0. The Labute approximate surface area is 103 Å². The van der Waals surface area contributed by atoms with Crippen molar-refractivity contribution in [2.45, 2.75) is 25.8 Å². The summed E-state index contributed by atoms with van der Waals surface area (Å²) < 4.78 is 5.58. The van der Waals surface area contributed by atoms with Crippen LogP contribution in [0.1, 0.15) is 20.3 Å². The first kappa shape index (κ1) is 13.3. The summed E-state index contributed by atoms with van der Waals surface area (Å²) in [5.74, 6) is 1.53. The van der Waals surface area contributed by atoms with Gasteiger partial charge in [0.15, 0.2) is 0 Å². The molecular weight excluding hydrogens is 222 g/mol. The second-order valence-corrected chi connectivity index (χ2v) is 4.40. The fourth-order valence-corrected chi connectivity index (χ4v) is 1.59. The predicted molar refractivity (Wildman–Crippen MR) is 69.4 cm³/mol. The molecule has 3 heteroatoms. The van der Waals surface area contributed by atoms with Gasteiger partial charge in [0.1, 0.15) is 12.4 Å². The number of benzene rings is 1. The van der Waals surface area contributed by atoms with Crippen molar-refractivity contribution >= 4 is 11.6 Å². The molecule has 0 aliphatic heterocycles. The summed E-state index contributed by atoms with van der Waals surface area (Å²) in [6, 6.07) is 9.84. The lowest BCUT2D eigenvalue weighted by atomic mass is 10.0. The first-order valence-electron chi connectivity index (χ1n) is 5.69. The molecule has 1 rings (SSSR count). The third-order valence-electron chi connectivity index (χ3n) is 2.74. The van der Waals surface area contributed by atoms with E-state index in [0.29, 0.717) is 12.5 Å². The van der Waals surface area contributed by atoms with Gasteiger partial charge in [-0.2, -0.15) is 0 Å². The van der Waals surface area contributed by atoms with Crippen molar-refractivity contribution in [2.75, 3.05) is 19.0 Å². The fraction of sp³-hybridized carbons (Fsp3) is 0.538. The first-order valence-corrected chi connectivity index (χ1v) is 6.22. The third-order valence-corrected chi connectivity index (χ3v) is 3.33. The Balaban J connectivity index is 2.22. The molecule has 90 valence electrons. The lowest BCUT2D eigenvalue weighted by molar-refractivity contribution is 0.282.